The summed E-state index contributed by atoms with van der Waals surface area (Å²) in [7, 11) is 1.63. The van der Waals surface area contributed by atoms with Gasteiger partial charge in [-0.3, -0.25) is 4.79 Å². The summed E-state index contributed by atoms with van der Waals surface area (Å²) in [6.45, 7) is 4.92. The quantitative estimate of drug-likeness (QED) is 0.681. The van der Waals surface area contributed by atoms with Crippen LogP contribution in [-0.2, 0) is 16.1 Å². The fraction of sp³-hybridized carbons (Fsp3) is 0.636. The molecule has 0 radical (unpaired) electrons. The van der Waals surface area contributed by atoms with Crippen molar-refractivity contribution in [2.24, 2.45) is 0 Å². The molecule has 19 heavy (non-hydrogen) atoms. The van der Waals surface area contributed by atoms with E-state index in [1.54, 1.807) is 13.3 Å². The molecule has 0 saturated carbocycles. The van der Waals surface area contributed by atoms with Crippen molar-refractivity contribution in [3.63, 3.8) is 0 Å². The minimum atomic E-state index is -0.00104. The molecule has 0 aliphatic carbocycles. The predicted octanol–water partition coefficient (Wildman–Crippen LogP) is 0.387. The zero-order valence-corrected chi connectivity index (χ0v) is 12.9. The summed E-state index contributed by atoms with van der Waals surface area (Å²) < 4.78 is 6.86. The van der Waals surface area contributed by atoms with Crippen molar-refractivity contribution < 1.29 is 9.53 Å². The molecule has 2 N–H and O–H groups in total. The predicted molar refractivity (Wildman–Crippen MR) is 79.2 cm³/mol. The van der Waals surface area contributed by atoms with E-state index in [0.29, 0.717) is 26.2 Å². The van der Waals surface area contributed by atoms with E-state index in [0.717, 1.165) is 12.4 Å². The van der Waals surface area contributed by atoms with E-state index >= 15 is 0 Å². The number of imidazole rings is 1. The molecule has 112 valence electrons. The second-order valence-corrected chi connectivity index (χ2v) is 3.69. The van der Waals surface area contributed by atoms with E-state index in [9.17, 15) is 4.79 Å². The fourth-order valence-corrected chi connectivity index (χ4v) is 1.39. The summed E-state index contributed by atoms with van der Waals surface area (Å²) in [5.41, 5.74) is 0. The van der Waals surface area contributed by atoms with Crippen LogP contribution in [0.3, 0.4) is 0 Å². The lowest BCUT2D eigenvalue weighted by molar-refractivity contribution is -0.120. The van der Waals surface area contributed by atoms with Gasteiger partial charge in [-0.1, -0.05) is 0 Å². The van der Waals surface area contributed by atoms with Crippen LogP contribution in [0.1, 0.15) is 5.82 Å². The van der Waals surface area contributed by atoms with Crippen LogP contribution in [0.2, 0.25) is 0 Å². The number of carbonyl (C=O) groups is 1. The normalized spacial score (nSPS) is 9.37. The van der Waals surface area contributed by atoms with E-state index in [1.807, 2.05) is 17.7 Å². The Balaban J connectivity index is 0. The maximum Gasteiger partial charge on any atom is 0.234 e. The van der Waals surface area contributed by atoms with Crippen LogP contribution < -0.4 is 10.6 Å². The molecule has 6 nitrogen and oxygen atoms in total. The number of carbonyl (C=O) groups excluding carboxylic acids is 1. The van der Waals surface area contributed by atoms with Crippen LogP contribution in [0.25, 0.3) is 0 Å². The molecule has 1 aromatic rings. The first-order valence-electron chi connectivity index (χ1n) is 5.68. The smallest absolute Gasteiger partial charge is 0.234 e. The minimum absolute atomic E-state index is 0. The molecule has 0 saturated heterocycles. The molecule has 0 aliphatic heterocycles. The van der Waals surface area contributed by atoms with Gasteiger partial charge in [-0.05, 0) is 6.92 Å². The number of aromatic nitrogens is 2. The average Bonchev–Trinajstić information content (AvgIpc) is 2.71. The Bertz CT molecular complexity index is 347. The summed E-state index contributed by atoms with van der Waals surface area (Å²) in [6.07, 6.45) is 3.65. The van der Waals surface area contributed by atoms with Gasteiger partial charge >= 0.3 is 0 Å². The molecule has 8 heteroatoms. The molecule has 1 aromatic heterocycles. The van der Waals surface area contributed by atoms with E-state index < -0.39 is 0 Å². The number of methoxy groups -OCH3 is 1. The zero-order chi connectivity index (χ0) is 12.5. The van der Waals surface area contributed by atoms with Gasteiger partial charge in [-0.2, -0.15) is 0 Å². The average molecular weight is 313 g/mol. The van der Waals surface area contributed by atoms with Gasteiger partial charge < -0.3 is 19.9 Å². The summed E-state index contributed by atoms with van der Waals surface area (Å²) in [6, 6.07) is 0. The molecule has 1 heterocycles. The van der Waals surface area contributed by atoms with Gasteiger partial charge in [-0.15, -0.1) is 24.8 Å². The highest BCUT2D eigenvalue weighted by Gasteiger charge is 2.00. The summed E-state index contributed by atoms with van der Waals surface area (Å²) in [5, 5.41) is 5.82. The molecule has 0 unspecified atom stereocenters. The van der Waals surface area contributed by atoms with Gasteiger partial charge in [0, 0.05) is 39.1 Å². The van der Waals surface area contributed by atoms with Crippen LogP contribution in [0.5, 0.6) is 0 Å². The Labute approximate surface area is 126 Å². The Hall–Kier alpha value is -0.820. The number of aryl methyl sites for hydroxylation is 1. The van der Waals surface area contributed by atoms with Crippen molar-refractivity contribution >= 4 is 30.7 Å². The van der Waals surface area contributed by atoms with Crippen molar-refractivity contribution in [1.29, 1.82) is 0 Å². The number of hydrogen-bond donors (Lipinski definition) is 2. The van der Waals surface area contributed by atoms with Crippen molar-refractivity contribution in [2.45, 2.75) is 13.5 Å². The number of hydrogen-bond acceptors (Lipinski definition) is 4. The molecule has 0 aromatic carbocycles. The lowest BCUT2D eigenvalue weighted by Crippen LogP contribution is -2.36. The highest BCUT2D eigenvalue weighted by molar-refractivity contribution is 5.85. The van der Waals surface area contributed by atoms with E-state index in [2.05, 4.69) is 15.6 Å². The van der Waals surface area contributed by atoms with Crippen LogP contribution in [0.15, 0.2) is 12.4 Å². The van der Waals surface area contributed by atoms with E-state index in [4.69, 9.17) is 4.74 Å². The first kappa shape index (κ1) is 20.5. The molecule has 0 bridgehead atoms. The molecule has 0 spiro atoms. The van der Waals surface area contributed by atoms with Gasteiger partial charge in [0.1, 0.15) is 5.82 Å². The maximum atomic E-state index is 11.4. The summed E-state index contributed by atoms with van der Waals surface area (Å²) in [4.78, 5) is 15.5. The van der Waals surface area contributed by atoms with Gasteiger partial charge in [0.15, 0.2) is 0 Å². The third kappa shape index (κ3) is 8.83. The Morgan fingerprint density at radius 2 is 2.16 bits per heavy atom. The van der Waals surface area contributed by atoms with Crippen LogP contribution >= 0.6 is 24.8 Å². The van der Waals surface area contributed by atoms with Crippen LogP contribution in [-0.4, -0.2) is 48.8 Å². The number of nitrogens with zero attached hydrogens (tertiary/aromatic N) is 2. The third-order valence-electron chi connectivity index (χ3n) is 2.37. The van der Waals surface area contributed by atoms with Crippen molar-refractivity contribution in [3.8, 4) is 0 Å². The van der Waals surface area contributed by atoms with Gasteiger partial charge in [-0.25, -0.2) is 4.98 Å². The minimum Gasteiger partial charge on any atom is -0.383 e. The molecule has 0 aliphatic rings. The van der Waals surface area contributed by atoms with Crippen molar-refractivity contribution in [3.05, 3.63) is 18.2 Å². The monoisotopic (exact) mass is 312 g/mol. The topological polar surface area (TPSA) is 68.2 Å². The second kappa shape index (κ2) is 12.2. The van der Waals surface area contributed by atoms with Crippen LogP contribution in [0.4, 0.5) is 0 Å². The van der Waals surface area contributed by atoms with Crippen molar-refractivity contribution in [2.75, 3.05) is 33.4 Å². The molecule has 1 rings (SSSR count). The Kier molecular flexibility index (Phi) is 13.2. The molecule has 0 atom stereocenters. The molecule has 0 fully saturated rings. The lowest BCUT2D eigenvalue weighted by atomic mass is 10.5. The molecule has 1 amide bonds. The summed E-state index contributed by atoms with van der Waals surface area (Å²) >= 11 is 0. The van der Waals surface area contributed by atoms with E-state index in [-0.39, 0.29) is 30.7 Å². The lowest BCUT2D eigenvalue weighted by Gasteiger charge is -2.08. The first-order valence-corrected chi connectivity index (χ1v) is 5.68. The van der Waals surface area contributed by atoms with Gasteiger partial charge in [0.2, 0.25) is 5.91 Å². The highest BCUT2D eigenvalue weighted by atomic mass is 35.5. The fourth-order valence-electron chi connectivity index (χ4n) is 1.39. The third-order valence-corrected chi connectivity index (χ3v) is 2.37. The largest absolute Gasteiger partial charge is 0.383 e. The van der Waals surface area contributed by atoms with Crippen molar-refractivity contribution in [1.82, 2.24) is 20.2 Å². The maximum absolute atomic E-state index is 11.4. The first-order chi connectivity index (χ1) is 8.24. The number of rotatable bonds is 8. The SMILES string of the molecule is COCCNCC(=O)NCCn1ccnc1C.Cl.Cl. The Morgan fingerprint density at radius 3 is 2.74 bits per heavy atom. The zero-order valence-electron chi connectivity index (χ0n) is 11.2. The highest BCUT2D eigenvalue weighted by Crippen LogP contribution is 1.93. The second-order valence-electron chi connectivity index (χ2n) is 3.69. The number of ether oxygens (including phenoxy) is 1. The Morgan fingerprint density at radius 1 is 1.42 bits per heavy atom. The van der Waals surface area contributed by atoms with Gasteiger partial charge in [0.05, 0.1) is 13.2 Å². The standard InChI is InChI=1S/C11H20N4O2.2ClH/c1-10-13-3-6-15(10)7-4-14-11(16)9-12-5-8-17-2;;/h3,6,12H,4-5,7-9H2,1-2H3,(H,14,16);2*1H. The molecular formula is C11H22Cl2N4O2. The number of nitrogens with one attached hydrogen (secondary N) is 2. The number of halogens is 2. The molecular weight excluding hydrogens is 291 g/mol. The number of amides is 1. The van der Waals surface area contributed by atoms with Crippen LogP contribution in [0, 0.1) is 6.92 Å². The van der Waals surface area contributed by atoms with E-state index in [1.165, 1.54) is 0 Å². The van der Waals surface area contributed by atoms with Gasteiger partial charge in [0.25, 0.3) is 0 Å². The summed E-state index contributed by atoms with van der Waals surface area (Å²) in [5.74, 6) is 0.955.